The number of hydrogen-bond acceptors (Lipinski definition) is 2. The highest BCUT2D eigenvalue weighted by Gasteiger charge is 2.07. The van der Waals surface area contributed by atoms with Gasteiger partial charge in [-0.2, -0.15) is 0 Å². The molecule has 0 saturated heterocycles. The van der Waals surface area contributed by atoms with Gasteiger partial charge in [0.05, 0.1) is 0 Å². The predicted octanol–water partition coefficient (Wildman–Crippen LogP) is 4.14. The standard InChI is InChI=1S/C20H24ClFN4O.HI/c1-14-17(21)4-3-5-18(14)26-19(27)11-13-25-20(23-2)24-12-10-15-6-8-16(22)9-7-15;/h3-9H,10-13H2,1-2H3,(H,26,27)(H2,23,24,25);1H. The quantitative estimate of drug-likeness (QED) is 0.293. The molecule has 1 amide bonds. The van der Waals surface area contributed by atoms with E-state index in [1.165, 1.54) is 12.1 Å². The zero-order valence-electron chi connectivity index (χ0n) is 15.9. The molecule has 2 rings (SSSR count). The summed E-state index contributed by atoms with van der Waals surface area (Å²) >= 11 is 6.06. The summed E-state index contributed by atoms with van der Waals surface area (Å²) < 4.78 is 12.9. The summed E-state index contributed by atoms with van der Waals surface area (Å²) in [6, 6.07) is 11.8. The molecule has 0 saturated carbocycles. The second-order valence-electron chi connectivity index (χ2n) is 6.01. The lowest BCUT2D eigenvalue weighted by atomic mass is 10.1. The van der Waals surface area contributed by atoms with E-state index in [1.54, 1.807) is 31.3 Å². The molecule has 5 nitrogen and oxygen atoms in total. The van der Waals surface area contributed by atoms with Crippen LogP contribution in [-0.4, -0.2) is 32.0 Å². The van der Waals surface area contributed by atoms with E-state index >= 15 is 0 Å². The third-order valence-electron chi connectivity index (χ3n) is 4.03. The van der Waals surface area contributed by atoms with E-state index in [9.17, 15) is 9.18 Å². The number of nitrogens with zero attached hydrogens (tertiary/aromatic N) is 1. The van der Waals surface area contributed by atoms with Crippen LogP contribution >= 0.6 is 35.6 Å². The van der Waals surface area contributed by atoms with Gasteiger partial charge in [-0.15, -0.1) is 24.0 Å². The van der Waals surface area contributed by atoms with E-state index in [-0.39, 0.29) is 35.7 Å². The van der Waals surface area contributed by atoms with Crippen LogP contribution in [0.5, 0.6) is 0 Å². The fourth-order valence-electron chi connectivity index (χ4n) is 2.45. The number of aliphatic imine (C=N–C) groups is 1. The van der Waals surface area contributed by atoms with Crippen LogP contribution in [0.1, 0.15) is 17.5 Å². The molecule has 0 aliphatic carbocycles. The smallest absolute Gasteiger partial charge is 0.226 e. The average Bonchev–Trinajstić information content (AvgIpc) is 2.65. The molecular formula is C20H25ClFIN4O. The number of carbonyl (C=O) groups is 1. The van der Waals surface area contributed by atoms with Crippen molar-refractivity contribution in [2.45, 2.75) is 19.8 Å². The molecule has 2 aromatic carbocycles. The molecule has 2 aromatic rings. The maximum Gasteiger partial charge on any atom is 0.226 e. The van der Waals surface area contributed by atoms with Crippen LogP contribution in [-0.2, 0) is 11.2 Å². The number of anilines is 1. The number of hydrogen-bond donors (Lipinski definition) is 3. The second-order valence-corrected chi connectivity index (χ2v) is 6.42. The molecule has 0 unspecified atom stereocenters. The lowest BCUT2D eigenvalue weighted by Crippen LogP contribution is -2.39. The Hall–Kier alpha value is -1.87. The molecule has 0 bridgehead atoms. The Bertz CT molecular complexity index is 799. The van der Waals surface area contributed by atoms with Crippen LogP contribution in [0, 0.1) is 12.7 Å². The first kappa shape index (κ1) is 24.2. The minimum Gasteiger partial charge on any atom is -0.356 e. The van der Waals surface area contributed by atoms with Gasteiger partial charge in [0.15, 0.2) is 5.96 Å². The van der Waals surface area contributed by atoms with Crippen LogP contribution in [0.2, 0.25) is 5.02 Å². The van der Waals surface area contributed by atoms with Gasteiger partial charge in [0, 0.05) is 37.3 Å². The van der Waals surface area contributed by atoms with Gasteiger partial charge >= 0.3 is 0 Å². The molecule has 0 aromatic heterocycles. The summed E-state index contributed by atoms with van der Waals surface area (Å²) in [6.07, 6.45) is 1.04. The normalized spacial score (nSPS) is 10.8. The highest BCUT2D eigenvalue weighted by Crippen LogP contribution is 2.22. The molecule has 0 atom stereocenters. The molecule has 0 aliphatic rings. The van der Waals surface area contributed by atoms with Crippen molar-refractivity contribution in [2.24, 2.45) is 4.99 Å². The zero-order valence-corrected chi connectivity index (χ0v) is 19.0. The third-order valence-corrected chi connectivity index (χ3v) is 4.44. The van der Waals surface area contributed by atoms with Crippen LogP contribution < -0.4 is 16.0 Å². The third kappa shape index (κ3) is 8.02. The van der Waals surface area contributed by atoms with Gasteiger partial charge in [0.25, 0.3) is 0 Å². The molecule has 8 heteroatoms. The molecule has 152 valence electrons. The molecular weight excluding hydrogens is 494 g/mol. The number of halogens is 3. The first-order valence-electron chi connectivity index (χ1n) is 8.73. The van der Waals surface area contributed by atoms with E-state index in [2.05, 4.69) is 20.9 Å². The number of carbonyl (C=O) groups excluding carboxylic acids is 1. The lowest BCUT2D eigenvalue weighted by Gasteiger charge is -2.13. The summed E-state index contributed by atoms with van der Waals surface area (Å²) in [6.45, 7) is 2.96. The fourth-order valence-corrected chi connectivity index (χ4v) is 2.62. The number of amides is 1. The van der Waals surface area contributed by atoms with E-state index in [0.29, 0.717) is 36.2 Å². The minimum atomic E-state index is -0.240. The highest BCUT2D eigenvalue weighted by molar-refractivity contribution is 14.0. The van der Waals surface area contributed by atoms with Crippen LogP contribution in [0.15, 0.2) is 47.5 Å². The number of guanidine groups is 1. The molecule has 28 heavy (non-hydrogen) atoms. The van der Waals surface area contributed by atoms with Gasteiger partial charge in [-0.1, -0.05) is 29.8 Å². The molecule has 0 radical (unpaired) electrons. The van der Waals surface area contributed by atoms with Crippen molar-refractivity contribution in [3.63, 3.8) is 0 Å². The van der Waals surface area contributed by atoms with Crippen molar-refractivity contribution in [3.05, 3.63) is 64.4 Å². The number of rotatable bonds is 7. The van der Waals surface area contributed by atoms with Crippen molar-refractivity contribution in [2.75, 3.05) is 25.5 Å². The van der Waals surface area contributed by atoms with Crippen molar-refractivity contribution in [1.29, 1.82) is 0 Å². The number of benzene rings is 2. The Morgan fingerprint density at radius 2 is 1.79 bits per heavy atom. The first-order valence-corrected chi connectivity index (χ1v) is 9.11. The van der Waals surface area contributed by atoms with E-state index < -0.39 is 0 Å². The summed E-state index contributed by atoms with van der Waals surface area (Å²) in [5.41, 5.74) is 2.60. The van der Waals surface area contributed by atoms with Crippen molar-refractivity contribution in [3.8, 4) is 0 Å². The number of nitrogens with one attached hydrogen (secondary N) is 3. The minimum absolute atomic E-state index is 0. The Labute approximate surface area is 187 Å². The lowest BCUT2D eigenvalue weighted by molar-refractivity contribution is -0.116. The topological polar surface area (TPSA) is 65.5 Å². The van der Waals surface area contributed by atoms with Crippen LogP contribution in [0.3, 0.4) is 0 Å². The van der Waals surface area contributed by atoms with Gasteiger partial charge in [-0.25, -0.2) is 4.39 Å². The molecule has 0 fully saturated rings. The zero-order chi connectivity index (χ0) is 19.6. The maximum atomic E-state index is 12.9. The Morgan fingerprint density at radius 3 is 2.46 bits per heavy atom. The Kier molecular flexibility index (Phi) is 10.8. The molecule has 0 heterocycles. The predicted molar refractivity (Wildman–Crippen MR) is 124 cm³/mol. The van der Waals surface area contributed by atoms with Crippen molar-refractivity contribution >= 4 is 53.1 Å². The van der Waals surface area contributed by atoms with Gasteiger partial charge in [0.2, 0.25) is 5.91 Å². The molecule has 0 aliphatic heterocycles. The Balaban J connectivity index is 0.00000392. The average molecular weight is 519 g/mol. The summed E-state index contributed by atoms with van der Waals surface area (Å²) in [7, 11) is 1.67. The molecule has 3 N–H and O–H groups in total. The fraction of sp³-hybridized carbons (Fsp3) is 0.300. The summed E-state index contributed by atoms with van der Waals surface area (Å²) in [5, 5.41) is 9.75. The van der Waals surface area contributed by atoms with Gasteiger partial charge in [-0.05, 0) is 48.7 Å². The monoisotopic (exact) mass is 518 g/mol. The van der Waals surface area contributed by atoms with Crippen molar-refractivity contribution in [1.82, 2.24) is 10.6 Å². The largest absolute Gasteiger partial charge is 0.356 e. The van der Waals surface area contributed by atoms with E-state index in [0.717, 1.165) is 17.5 Å². The van der Waals surface area contributed by atoms with Gasteiger partial charge in [-0.3, -0.25) is 9.79 Å². The maximum absolute atomic E-state index is 12.9. The highest BCUT2D eigenvalue weighted by atomic mass is 127. The summed E-state index contributed by atoms with van der Waals surface area (Å²) in [5.74, 6) is 0.272. The van der Waals surface area contributed by atoms with Gasteiger partial charge < -0.3 is 16.0 Å². The Morgan fingerprint density at radius 1 is 1.11 bits per heavy atom. The van der Waals surface area contributed by atoms with E-state index in [4.69, 9.17) is 11.6 Å². The van der Waals surface area contributed by atoms with Crippen LogP contribution in [0.4, 0.5) is 10.1 Å². The second kappa shape index (κ2) is 12.6. The summed E-state index contributed by atoms with van der Waals surface area (Å²) in [4.78, 5) is 16.2. The van der Waals surface area contributed by atoms with Gasteiger partial charge in [0.1, 0.15) is 5.82 Å². The SMILES string of the molecule is CN=C(NCCC(=O)Nc1cccc(Cl)c1C)NCCc1ccc(F)cc1.I. The van der Waals surface area contributed by atoms with Crippen LogP contribution in [0.25, 0.3) is 0 Å². The first-order chi connectivity index (χ1) is 13.0. The van der Waals surface area contributed by atoms with E-state index in [1.807, 2.05) is 13.0 Å². The van der Waals surface area contributed by atoms with Crippen molar-refractivity contribution < 1.29 is 9.18 Å². The molecule has 0 spiro atoms.